The lowest BCUT2D eigenvalue weighted by molar-refractivity contribution is 0.586. The summed E-state index contributed by atoms with van der Waals surface area (Å²) in [7, 11) is 1.88. The molecule has 1 unspecified atom stereocenters. The number of halogens is 2. The van der Waals surface area contributed by atoms with Crippen LogP contribution >= 0.6 is 11.3 Å². The molecule has 90 valence electrons. The van der Waals surface area contributed by atoms with Crippen LogP contribution in [0.25, 0.3) is 10.4 Å². The summed E-state index contributed by atoms with van der Waals surface area (Å²) >= 11 is 1.51. The summed E-state index contributed by atoms with van der Waals surface area (Å²) < 4.78 is 26.4. The molecule has 0 radical (unpaired) electrons. The Labute approximate surface area is 103 Å². The van der Waals surface area contributed by atoms with Gasteiger partial charge in [-0.05, 0) is 38.2 Å². The molecule has 1 N–H and O–H groups in total. The number of thiophene rings is 1. The maximum absolute atomic E-state index is 13.6. The fourth-order valence-electron chi connectivity index (χ4n) is 1.56. The van der Waals surface area contributed by atoms with Gasteiger partial charge in [0.1, 0.15) is 11.6 Å². The molecule has 1 heterocycles. The highest BCUT2D eigenvalue weighted by Gasteiger charge is 2.11. The predicted octanol–water partition coefficient (Wildman–Crippen LogP) is 3.97. The molecule has 0 amide bonds. The quantitative estimate of drug-likeness (QED) is 0.872. The van der Waals surface area contributed by atoms with Crippen LogP contribution in [0.4, 0.5) is 8.78 Å². The van der Waals surface area contributed by atoms with E-state index in [-0.39, 0.29) is 6.04 Å². The fourth-order valence-corrected chi connectivity index (χ4v) is 2.66. The van der Waals surface area contributed by atoms with Crippen LogP contribution in [0.1, 0.15) is 17.8 Å². The van der Waals surface area contributed by atoms with E-state index in [1.54, 1.807) is 0 Å². The third-order valence-electron chi connectivity index (χ3n) is 2.68. The van der Waals surface area contributed by atoms with E-state index in [0.717, 1.165) is 15.8 Å². The minimum atomic E-state index is -0.549. The van der Waals surface area contributed by atoms with Crippen molar-refractivity contribution in [1.29, 1.82) is 0 Å². The van der Waals surface area contributed by atoms with Gasteiger partial charge in [0, 0.05) is 27.4 Å². The van der Waals surface area contributed by atoms with Gasteiger partial charge in [0.25, 0.3) is 0 Å². The summed E-state index contributed by atoms with van der Waals surface area (Å²) in [5.74, 6) is -1.07. The van der Waals surface area contributed by atoms with Gasteiger partial charge in [0.15, 0.2) is 0 Å². The van der Waals surface area contributed by atoms with Crippen molar-refractivity contribution in [3.63, 3.8) is 0 Å². The Kier molecular flexibility index (Phi) is 3.54. The predicted molar refractivity (Wildman–Crippen MR) is 67.1 cm³/mol. The Balaban J connectivity index is 2.37. The average molecular weight is 253 g/mol. The van der Waals surface area contributed by atoms with Gasteiger partial charge in [-0.3, -0.25) is 0 Å². The van der Waals surface area contributed by atoms with Gasteiger partial charge in [0.2, 0.25) is 0 Å². The highest BCUT2D eigenvalue weighted by Crippen LogP contribution is 2.32. The molecule has 1 atom stereocenters. The van der Waals surface area contributed by atoms with E-state index in [0.29, 0.717) is 5.56 Å². The van der Waals surface area contributed by atoms with Crippen LogP contribution in [-0.4, -0.2) is 7.05 Å². The molecule has 0 aliphatic heterocycles. The van der Waals surface area contributed by atoms with Crippen molar-refractivity contribution in [2.45, 2.75) is 13.0 Å². The lowest BCUT2D eigenvalue weighted by Gasteiger charge is -2.06. The summed E-state index contributed by atoms with van der Waals surface area (Å²) in [6.45, 7) is 2.04. The number of rotatable bonds is 3. The molecule has 0 bridgehead atoms. The third kappa shape index (κ3) is 2.53. The van der Waals surface area contributed by atoms with Crippen LogP contribution in [0.3, 0.4) is 0 Å². The van der Waals surface area contributed by atoms with Gasteiger partial charge in [-0.25, -0.2) is 8.78 Å². The van der Waals surface area contributed by atoms with Crippen LogP contribution in [-0.2, 0) is 0 Å². The standard InChI is InChI=1S/C13H13F2NS/c1-8(16-2)12-5-6-13(17-12)10-4-3-9(14)7-11(10)15/h3-8,16H,1-2H3. The summed E-state index contributed by atoms with van der Waals surface area (Å²) in [6.07, 6.45) is 0. The van der Waals surface area contributed by atoms with Crippen molar-refractivity contribution < 1.29 is 8.78 Å². The summed E-state index contributed by atoms with van der Waals surface area (Å²) in [4.78, 5) is 1.95. The number of hydrogen-bond acceptors (Lipinski definition) is 2. The Hall–Kier alpha value is -1.26. The molecular weight excluding hydrogens is 240 g/mol. The molecular formula is C13H13F2NS. The fraction of sp³-hybridized carbons (Fsp3) is 0.231. The Morgan fingerprint density at radius 2 is 1.94 bits per heavy atom. The zero-order chi connectivity index (χ0) is 12.4. The van der Waals surface area contributed by atoms with E-state index in [9.17, 15) is 8.78 Å². The van der Waals surface area contributed by atoms with Crippen molar-refractivity contribution >= 4 is 11.3 Å². The maximum atomic E-state index is 13.6. The normalized spacial score (nSPS) is 12.7. The van der Waals surface area contributed by atoms with Gasteiger partial charge in [-0.15, -0.1) is 11.3 Å². The van der Waals surface area contributed by atoms with Crippen LogP contribution in [0, 0.1) is 11.6 Å². The number of hydrogen-bond donors (Lipinski definition) is 1. The molecule has 0 saturated heterocycles. The summed E-state index contributed by atoms with van der Waals surface area (Å²) in [5.41, 5.74) is 0.450. The monoisotopic (exact) mass is 253 g/mol. The SMILES string of the molecule is CNC(C)c1ccc(-c2ccc(F)cc2F)s1. The van der Waals surface area contributed by atoms with Crippen molar-refractivity contribution in [2.24, 2.45) is 0 Å². The summed E-state index contributed by atoms with van der Waals surface area (Å²) in [5, 5.41) is 3.13. The van der Waals surface area contributed by atoms with Crippen molar-refractivity contribution in [2.75, 3.05) is 7.05 Å². The zero-order valence-electron chi connectivity index (χ0n) is 9.63. The van der Waals surface area contributed by atoms with Crippen LogP contribution in [0.5, 0.6) is 0 Å². The van der Waals surface area contributed by atoms with Gasteiger partial charge in [0.05, 0.1) is 0 Å². The van der Waals surface area contributed by atoms with Crippen molar-refractivity contribution in [1.82, 2.24) is 5.32 Å². The Bertz CT molecular complexity index is 522. The maximum Gasteiger partial charge on any atom is 0.134 e. The average Bonchev–Trinajstić information content (AvgIpc) is 2.77. The van der Waals surface area contributed by atoms with Crippen LogP contribution in [0.2, 0.25) is 0 Å². The summed E-state index contributed by atoms with van der Waals surface area (Å²) in [6, 6.07) is 7.73. The molecule has 1 aromatic heterocycles. The first kappa shape index (κ1) is 12.2. The van der Waals surface area contributed by atoms with E-state index in [2.05, 4.69) is 5.32 Å². The topological polar surface area (TPSA) is 12.0 Å². The molecule has 0 spiro atoms. The van der Waals surface area contributed by atoms with E-state index >= 15 is 0 Å². The first-order valence-electron chi connectivity index (χ1n) is 5.34. The second kappa shape index (κ2) is 4.94. The molecule has 0 saturated carbocycles. The van der Waals surface area contributed by atoms with E-state index in [1.165, 1.54) is 23.5 Å². The van der Waals surface area contributed by atoms with Gasteiger partial charge >= 0.3 is 0 Å². The second-order valence-corrected chi connectivity index (χ2v) is 4.95. The van der Waals surface area contributed by atoms with E-state index in [4.69, 9.17) is 0 Å². The highest BCUT2D eigenvalue weighted by molar-refractivity contribution is 7.15. The molecule has 2 aromatic rings. The van der Waals surface area contributed by atoms with Crippen molar-refractivity contribution in [3.05, 3.63) is 46.8 Å². The third-order valence-corrected chi connectivity index (χ3v) is 3.98. The molecule has 0 fully saturated rings. The van der Waals surface area contributed by atoms with E-state index < -0.39 is 11.6 Å². The van der Waals surface area contributed by atoms with Gasteiger partial charge in [-0.1, -0.05) is 0 Å². The molecule has 1 nitrogen and oxygen atoms in total. The Morgan fingerprint density at radius 1 is 1.18 bits per heavy atom. The highest BCUT2D eigenvalue weighted by atomic mass is 32.1. The number of nitrogens with one attached hydrogen (secondary N) is 1. The lowest BCUT2D eigenvalue weighted by atomic mass is 10.1. The van der Waals surface area contributed by atoms with E-state index in [1.807, 2.05) is 26.1 Å². The van der Waals surface area contributed by atoms with Crippen LogP contribution in [0.15, 0.2) is 30.3 Å². The lowest BCUT2D eigenvalue weighted by Crippen LogP contribution is -2.10. The minimum absolute atomic E-state index is 0.234. The molecule has 2 rings (SSSR count). The zero-order valence-corrected chi connectivity index (χ0v) is 10.4. The molecule has 0 aliphatic carbocycles. The largest absolute Gasteiger partial charge is 0.313 e. The van der Waals surface area contributed by atoms with Crippen molar-refractivity contribution in [3.8, 4) is 10.4 Å². The molecule has 17 heavy (non-hydrogen) atoms. The van der Waals surface area contributed by atoms with Gasteiger partial charge < -0.3 is 5.32 Å². The second-order valence-electron chi connectivity index (χ2n) is 3.84. The first-order valence-corrected chi connectivity index (χ1v) is 6.16. The minimum Gasteiger partial charge on any atom is -0.313 e. The first-order chi connectivity index (χ1) is 8.11. The molecule has 1 aromatic carbocycles. The van der Waals surface area contributed by atoms with Gasteiger partial charge in [-0.2, -0.15) is 0 Å². The smallest absolute Gasteiger partial charge is 0.134 e. The molecule has 4 heteroatoms. The molecule has 0 aliphatic rings. The van der Waals surface area contributed by atoms with Crippen LogP contribution < -0.4 is 5.32 Å². The number of benzene rings is 1. The Morgan fingerprint density at radius 3 is 2.59 bits per heavy atom.